The molecule has 1 heterocycles. The number of carboxylic acid groups (broad SMARTS) is 1. The van der Waals surface area contributed by atoms with Crippen LogP contribution in [0, 0.1) is 0 Å². The second-order valence-corrected chi connectivity index (χ2v) is 6.53. The van der Waals surface area contributed by atoms with E-state index in [1.807, 2.05) is 48.5 Å². The highest BCUT2D eigenvalue weighted by atomic mass is 16.5. The maximum atomic E-state index is 12.2. The van der Waals surface area contributed by atoms with Gasteiger partial charge in [0.2, 0.25) is 0 Å². The molecule has 0 saturated heterocycles. The molecule has 1 amide bonds. The van der Waals surface area contributed by atoms with E-state index in [1.54, 1.807) is 0 Å². The highest BCUT2D eigenvalue weighted by Crippen LogP contribution is 2.44. The third kappa shape index (κ3) is 3.46. The number of aliphatic carboxylic acids is 1. The largest absolute Gasteiger partial charge is 0.480 e. The Labute approximate surface area is 161 Å². The van der Waals surface area contributed by atoms with Crippen LogP contribution in [-0.4, -0.2) is 34.8 Å². The van der Waals surface area contributed by atoms with E-state index in [4.69, 9.17) is 9.15 Å². The molecule has 0 saturated carbocycles. The average Bonchev–Trinajstić information content (AvgIpc) is 3.32. The highest BCUT2D eigenvalue weighted by Gasteiger charge is 2.30. The highest BCUT2D eigenvalue weighted by molar-refractivity contribution is 5.81. The summed E-state index contributed by atoms with van der Waals surface area (Å²) in [5.41, 5.74) is 4.43. The number of amides is 1. The molecule has 2 N–H and O–H groups in total. The van der Waals surface area contributed by atoms with Crippen molar-refractivity contribution in [2.45, 2.75) is 18.4 Å². The number of ether oxygens (including phenoxy) is 1. The fourth-order valence-corrected chi connectivity index (χ4v) is 3.53. The van der Waals surface area contributed by atoms with Crippen LogP contribution in [0.5, 0.6) is 0 Å². The van der Waals surface area contributed by atoms with Crippen molar-refractivity contribution in [3.63, 3.8) is 0 Å². The predicted octanol–water partition coefficient (Wildman–Crippen LogP) is 3.21. The molecule has 1 atom stereocenters. The normalized spacial score (nSPS) is 13.4. The Bertz CT molecular complexity index is 954. The molecule has 0 aliphatic heterocycles. The summed E-state index contributed by atoms with van der Waals surface area (Å²) in [4.78, 5) is 27.4. The smallest absolute Gasteiger partial charge is 0.407 e. The summed E-state index contributed by atoms with van der Waals surface area (Å²) in [6.07, 6.45) is 1.82. The lowest BCUT2D eigenvalue weighted by atomic mass is 9.98. The van der Waals surface area contributed by atoms with Crippen molar-refractivity contribution in [3.8, 4) is 11.1 Å². The van der Waals surface area contributed by atoms with Crippen LogP contribution in [0.1, 0.15) is 22.8 Å². The van der Waals surface area contributed by atoms with E-state index < -0.39 is 18.1 Å². The number of alkyl carbamates (subject to hydrolysis) is 1. The van der Waals surface area contributed by atoms with E-state index in [0.29, 0.717) is 5.76 Å². The molecule has 0 spiro atoms. The van der Waals surface area contributed by atoms with Crippen LogP contribution in [0.15, 0.2) is 65.5 Å². The first-order valence-corrected chi connectivity index (χ1v) is 8.85. The van der Waals surface area contributed by atoms with Gasteiger partial charge in [-0.1, -0.05) is 48.5 Å². The van der Waals surface area contributed by atoms with Gasteiger partial charge in [-0.2, -0.15) is 0 Å². The Kier molecular flexibility index (Phi) is 4.80. The fraction of sp³-hybridized carbons (Fsp3) is 0.190. The number of carbonyl (C=O) groups excluding carboxylic acids is 1. The molecular weight excluding hydrogens is 360 g/mol. The maximum absolute atomic E-state index is 12.2. The number of rotatable bonds is 6. The number of carboxylic acids is 1. The molecule has 4 rings (SSSR count). The van der Waals surface area contributed by atoms with Gasteiger partial charge in [-0.05, 0) is 22.3 Å². The van der Waals surface area contributed by atoms with Crippen LogP contribution in [0.4, 0.5) is 4.79 Å². The number of benzene rings is 2. The van der Waals surface area contributed by atoms with Crippen LogP contribution in [0.25, 0.3) is 11.1 Å². The van der Waals surface area contributed by atoms with Crippen molar-refractivity contribution in [3.05, 3.63) is 78.0 Å². The molecule has 0 unspecified atom stereocenters. The molecule has 0 bridgehead atoms. The van der Waals surface area contributed by atoms with Gasteiger partial charge in [-0.25, -0.2) is 14.6 Å². The first-order valence-electron chi connectivity index (χ1n) is 8.85. The van der Waals surface area contributed by atoms with E-state index in [2.05, 4.69) is 10.3 Å². The van der Waals surface area contributed by atoms with Gasteiger partial charge in [0.25, 0.3) is 0 Å². The molecule has 3 aromatic rings. The SMILES string of the molecule is O=C(N[C@@H](Cc1cnco1)C(=O)O)OCC1c2ccccc2-c2ccccc21. The van der Waals surface area contributed by atoms with E-state index in [0.717, 1.165) is 22.3 Å². The Morgan fingerprint density at radius 2 is 1.75 bits per heavy atom. The summed E-state index contributed by atoms with van der Waals surface area (Å²) in [7, 11) is 0. The standard InChI is InChI=1S/C21H18N2O5/c24-20(25)19(9-13-10-22-12-28-13)23-21(26)27-11-18-16-7-3-1-5-14(16)15-6-2-4-8-17(15)18/h1-8,10,12,18-19H,9,11H2,(H,23,26)(H,24,25)/t19-/m0/s1. The van der Waals surface area contributed by atoms with Gasteiger partial charge < -0.3 is 19.6 Å². The number of nitrogens with one attached hydrogen (secondary N) is 1. The summed E-state index contributed by atoms with van der Waals surface area (Å²) >= 11 is 0. The molecule has 2 aromatic carbocycles. The molecule has 0 fully saturated rings. The zero-order chi connectivity index (χ0) is 19.5. The molecular formula is C21H18N2O5. The van der Waals surface area contributed by atoms with E-state index >= 15 is 0 Å². The average molecular weight is 378 g/mol. The van der Waals surface area contributed by atoms with E-state index in [9.17, 15) is 14.7 Å². The molecule has 1 aliphatic rings. The number of oxazole rings is 1. The fourth-order valence-electron chi connectivity index (χ4n) is 3.53. The summed E-state index contributed by atoms with van der Waals surface area (Å²) in [6.45, 7) is 0.120. The van der Waals surface area contributed by atoms with Crippen molar-refractivity contribution in [2.75, 3.05) is 6.61 Å². The number of fused-ring (bicyclic) bond motifs is 3. The van der Waals surface area contributed by atoms with Gasteiger partial charge in [0.05, 0.1) is 6.20 Å². The van der Waals surface area contributed by atoms with Gasteiger partial charge in [0.1, 0.15) is 18.4 Å². The van der Waals surface area contributed by atoms with Crippen LogP contribution in [0.2, 0.25) is 0 Å². The minimum Gasteiger partial charge on any atom is -0.480 e. The van der Waals surface area contributed by atoms with Crippen molar-refractivity contribution >= 4 is 12.1 Å². The molecule has 1 aromatic heterocycles. The quantitative estimate of drug-likeness (QED) is 0.683. The molecule has 142 valence electrons. The van der Waals surface area contributed by atoms with Gasteiger partial charge >= 0.3 is 12.1 Å². The van der Waals surface area contributed by atoms with Crippen LogP contribution >= 0.6 is 0 Å². The first-order chi connectivity index (χ1) is 13.6. The molecule has 7 nitrogen and oxygen atoms in total. The minimum absolute atomic E-state index is 0.0144. The monoisotopic (exact) mass is 378 g/mol. The second kappa shape index (κ2) is 7.56. The number of hydrogen-bond acceptors (Lipinski definition) is 5. The maximum Gasteiger partial charge on any atom is 0.407 e. The Morgan fingerprint density at radius 1 is 1.11 bits per heavy atom. The Hall–Kier alpha value is -3.61. The summed E-state index contributed by atoms with van der Waals surface area (Å²) in [6, 6.07) is 14.8. The number of hydrogen-bond donors (Lipinski definition) is 2. The molecule has 1 aliphatic carbocycles. The molecule has 7 heteroatoms. The lowest BCUT2D eigenvalue weighted by Gasteiger charge is -2.17. The van der Waals surface area contributed by atoms with Crippen LogP contribution in [-0.2, 0) is 16.0 Å². The van der Waals surface area contributed by atoms with Crippen LogP contribution in [0.3, 0.4) is 0 Å². The van der Waals surface area contributed by atoms with Gasteiger partial charge in [0.15, 0.2) is 6.39 Å². The minimum atomic E-state index is -1.18. The first kappa shape index (κ1) is 17.8. The number of aromatic nitrogens is 1. The van der Waals surface area contributed by atoms with Gasteiger partial charge in [0, 0.05) is 12.3 Å². The third-order valence-corrected chi connectivity index (χ3v) is 4.82. The number of nitrogens with zero attached hydrogens (tertiary/aromatic N) is 1. The topological polar surface area (TPSA) is 102 Å². The van der Waals surface area contributed by atoms with Crippen molar-refractivity contribution in [1.82, 2.24) is 10.3 Å². The zero-order valence-corrected chi connectivity index (χ0v) is 14.9. The van der Waals surface area contributed by atoms with Gasteiger partial charge in [-0.15, -0.1) is 0 Å². The van der Waals surface area contributed by atoms with Crippen molar-refractivity contribution < 1.29 is 23.8 Å². The van der Waals surface area contributed by atoms with E-state index in [-0.39, 0.29) is 18.9 Å². The Balaban J connectivity index is 1.44. The van der Waals surface area contributed by atoms with E-state index in [1.165, 1.54) is 12.6 Å². The number of carbonyl (C=O) groups is 2. The summed E-state index contributed by atoms with van der Waals surface area (Å²) in [5, 5.41) is 11.7. The lowest BCUT2D eigenvalue weighted by molar-refractivity contribution is -0.139. The van der Waals surface area contributed by atoms with Crippen molar-refractivity contribution in [2.24, 2.45) is 0 Å². The zero-order valence-electron chi connectivity index (χ0n) is 14.9. The Morgan fingerprint density at radius 3 is 2.32 bits per heavy atom. The molecule has 28 heavy (non-hydrogen) atoms. The predicted molar refractivity (Wildman–Crippen MR) is 99.8 cm³/mol. The summed E-state index contributed by atoms with van der Waals surface area (Å²) < 4.78 is 10.4. The third-order valence-electron chi connectivity index (χ3n) is 4.82. The molecule has 0 radical (unpaired) electrons. The van der Waals surface area contributed by atoms with Gasteiger partial charge in [-0.3, -0.25) is 0 Å². The van der Waals surface area contributed by atoms with Crippen molar-refractivity contribution in [1.29, 1.82) is 0 Å². The van der Waals surface area contributed by atoms with Crippen LogP contribution < -0.4 is 5.32 Å². The lowest BCUT2D eigenvalue weighted by Crippen LogP contribution is -2.42. The second-order valence-electron chi connectivity index (χ2n) is 6.53. The summed E-state index contributed by atoms with van der Waals surface area (Å²) in [5.74, 6) is -0.896.